The zero-order valence-corrected chi connectivity index (χ0v) is 12.8. The number of nitrogens with one attached hydrogen (secondary N) is 1. The molecular weight excluding hydrogens is 304 g/mol. The van der Waals surface area contributed by atoms with E-state index in [1.807, 2.05) is 20.1 Å². The topological polar surface area (TPSA) is 92.5 Å². The number of rotatable bonds is 6. The molecule has 0 fully saturated rings. The maximum Gasteiger partial charge on any atom is 0.338 e. The Balaban J connectivity index is 3.18. The molecule has 2 N–H and O–H groups in total. The van der Waals surface area contributed by atoms with E-state index in [9.17, 15) is 14.9 Å². The summed E-state index contributed by atoms with van der Waals surface area (Å²) in [6.45, 7) is 4.46. The van der Waals surface area contributed by atoms with Crippen LogP contribution in [-0.2, 0) is 0 Å². The van der Waals surface area contributed by atoms with Crippen molar-refractivity contribution in [2.24, 2.45) is 0 Å². The molecule has 0 aliphatic carbocycles. The lowest BCUT2D eigenvalue weighted by molar-refractivity contribution is -0.384. The Labute approximate surface area is 125 Å². The van der Waals surface area contributed by atoms with E-state index in [2.05, 4.69) is 5.32 Å². The second-order valence-electron chi connectivity index (χ2n) is 4.73. The highest BCUT2D eigenvalue weighted by Crippen LogP contribution is 2.32. The summed E-state index contributed by atoms with van der Waals surface area (Å²) in [5, 5.41) is 22.9. The Morgan fingerprint density at radius 3 is 2.60 bits per heavy atom. The average molecular weight is 319 g/mol. The molecule has 8 heteroatoms. The SMILES string of the molecule is CSC(C)(C)CNc1c(Cl)cc([N+](=O)[O-])cc1C(=O)O. The third-order valence-corrected chi connectivity index (χ3v) is 4.31. The molecular formula is C12H15ClN2O4S. The van der Waals surface area contributed by atoms with E-state index >= 15 is 0 Å². The van der Waals surface area contributed by atoms with Crippen LogP contribution in [0.5, 0.6) is 0 Å². The number of nitro benzene ring substituents is 1. The number of nitrogens with zero attached hydrogens (tertiary/aromatic N) is 1. The van der Waals surface area contributed by atoms with Gasteiger partial charge in [0.05, 0.1) is 21.2 Å². The van der Waals surface area contributed by atoms with Crippen LogP contribution in [0, 0.1) is 10.1 Å². The first-order valence-corrected chi connectivity index (χ1v) is 7.28. The molecule has 0 atom stereocenters. The second kappa shape index (κ2) is 6.32. The maximum absolute atomic E-state index is 11.2. The van der Waals surface area contributed by atoms with Crippen molar-refractivity contribution in [3.8, 4) is 0 Å². The lowest BCUT2D eigenvalue weighted by atomic mass is 10.1. The van der Waals surface area contributed by atoms with Gasteiger partial charge >= 0.3 is 5.97 Å². The Hall–Kier alpha value is -1.47. The summed E-state index contributed by atoms with van der Waals surface area (Å²) in [6.07, 6.45) is 1.94. The molecule has 1 aromatic carbocycles. The van der Waals surface area contributed by atoms with Crippen molar-refractivity contribution in [1.82, 2.24) is 0 Å². The molecule has 0 spiro atoms. The number of anilines is 1. The summed E-state index contributed by atoms with van der Waals surface area (Å²) in [7, 11) is 0. The van der Waals surface area contributed by atoms with Crippen LogP contribution in [0.4, 0.5) is 11.4 Å². The van der Waals surface area contributed by atoms with E-state index in [-0.39, 0.29) is 26.7 Å². The highest BCUT2D eigenvalue weighted by Gasteiger charge is 2.22. The number of carbonyl (C=O) groups is 1. The van der Waals surface area contributed by atoms with Gasteiger partial charge in [-0.05, 0) is 20.1 Å². The minimum Gasteiger partial charge on any atom is -0.478 e. The first-order valence-electron chi connectivity index (χ1n) is 5.68. The fraction of sp³-hybridized carbons (Fsp3) is 0.417. The smallest absolute Gasteiger partial charge is 0.338 e. The molecule has 1 aromatic rings. The number of carboxylic acids is 1. The number of thioether (sulfide) groups is 1. The predicted molar refractivity (Wildman–Crippen MR) is 81.1 cm³/mol. The van der Waals surface area contributed by atoms with Gasteiger partial charge < -0.3 is 10.4 Å². The predicted octanol–water partition coefficient (Wildman–Crippen LogP) is 3.50. The molecule has 20 heavy (non-hydrogen) atoms. The van der Waals surface area contributed by atoms with Crippen molar-refractivity contribution < 1.29 is 14.8 Å². The highest BCUT2D eigenvalue weighted by molar-refractivity contribution is 7.99. The number of halogens is 1. The summed E-state index contributed by atoms with van der Waals surface area (Å²) in [4.78, 5) is 21.3. The molecule has 0 saturated heterocycles. The van der Waals surface area contributed by atoms with Crippen LogP contribution in [0.25, 0.3) is 0 Å². The molecule has 6 nitrogen and oxygen atoms in total. The van der Waals surface area contributed by atoms with Crippen LogP contribution < -0.4 is 5.32 Å². The van der Waals surface area contributed by atoms with Crippen LogP contribution in [0.1, 0.15) is 24.2 Å². The maximum atomic E-state index is 11.2. The molecule has 1 rings (SSSR count). The Morgan fingerprint density at radius 1 is 1.55 bits per heavy atom. The number of carboxylic acid groups (broad SMARTS) is 1. The van der Waals surface area contributed by atoms with E-state index in [0.717, 1.165) is 12.1 Å². The van der Waals surface area contributed by atoms with Gasteiger partial charge in [0.2, 0.25) is 0 Å². The summed E-state index contributed by atoms with van der Waals surface area (Å²) >= 11 is 7.57. The van der Waals surface area contributed by atoms with Gasteiger partial charge in [-0.1, -0.05) is 11.6 Å². The molecule has 0 aliphatic rings. The van der Waals surface area contributed by atoms with Gasteiger partial charge in [0.15, 0.2) is 0 Å². The Morgan fingerprint density at radius 2 is 2.15 bits per heavy atom. The van der Waals surface area contributed by atoms with E-state index in [0.29, 0.717) is 6.54 Å². The fourth-order valence-corrected chi connectivity index (χ4v) is 1.92. The summed E-state index contributed by atoms with van der Waals surface area (Å²) in [6, 6.07) is 2.14. The minimum atomic E-state index is -1.26. The van der Waals surface area contributed by atoms with Crippen molar-refractivity contribution in [2.75, 3.05) is 18.1 Å². The standard InChI is InChI=1S/C12H15ClN2O4S/c1-12(2,20-3)6-14-10-8(11(16)17)4-7(15(18)19)5-9(10)13/h4-5,14H,6H2,1-3H3,(H,16,17). The fourth-order valence-electron chi connectivity index (χ4n) is 1.42. The molecule has 0 bridgehead atoms. The molecule has 0 unspecified atom stereocenters. The van der Waals surface area contributed by atoms with E-state index in [1.165, 1.54) is 0 Å². The van der Waals surface area contributed by atoms with Crippen molar-refractivity contribution in [2.45, 2.75) is 18.6 Å². The van der Waals surface area contributed by atoms with Crippen LogP contribution in [0.15, 0.2) is 12.1 Å². The summed E-state index contributed by atoms with van der Waals surface area (Å²) in [5.41, 5.74) is -0.352. The summed E-state index contributed by atoms with van der Waals surface area (Å²) in [5.74, 6) is -1.26. The number of aromatic carboxylic acids is 1. The quantitative estimate of drug-likeness (QED) is 0.616. The zero-order valence-electron chi connectivity index (χ0n) is 11.3. The Bertz CT molecular complexity index is 549. The van der Waals surface area contributed by atoms with Gasteiger partial charge in [-0.3, -0.25) is 10.1 Å². The van der Waals surface area contributed by atoms with Gasteiger partial charge in [0.1, 0.15) is 0 Å². The first-order chi connectivity index (χ1) is 9.18. The molecule has 0 radical (unpaired) electrons. The van der Waals surface area contributed by atoms with Crippen molar-refractivity contribution in [3.63, 3.8) is 0 Å². The van der Waals surface area contributed by atoms with Gasteiger partial charge in [0.25, 0.3) is 5.69 Å². The third kappa shape index (κ3) is 4.01. The Kier molecular flexibility index (Phi) is 5.24. The van der Waals surface area contributed by atoms with E-state index < -0.39 is 10.9 Å². The monoisotopic (exact) mass is 318 g/mol. The first kappa shape index (κ1) is 16.6. The van der Waals surface area contributed by atoms with Crippen molar-refractivity contribution in [3.05, 3.63) is 32.8 Å². The van der Waals surface area contributed by atoms with Gasteiger partial charge in [0, 0.05) is 23.4 Å². The molecule has 0 amide bonds. The van der Waals surface area contributed by atoms with Crippen LogP contribution in [0.3, 0.4) is 0 Å². The average Bonchev–Trinajstić information content (AvgIpc) is 2.36. The second-order valence-corrected chi connectivity index (χ2v) is 6.65. The van der Waals surface area contributed by atoms with Crippen molar-refractivity contribution >= 4 is 40.7 Å². The number of benzene rings is 1. The zero-order chi connectivity index (χ0) is 15.5. The largest absolute Gasteiger partial charge is 0.478 e. The number of hydrogen-bond acceptors (Lipinski definition) is 5. The summed E-state index contributed by atoms with van der Waals surface area (Å²) < 4.78 is -0.124. The van der Waals surface area contributed by atoms with Crippen LogP contribution >= 0.6 is 23.4 Å². The lowest BCUT2D eigenvalue weighted by Gasteiger charge is -2.24. The number of non-ortho nitro benzene ring substituents is 1. The minimum absolute atomic E-state index is 0.0218. The van der Waals surface area contributed by atoms with Gasteiger partial charge in [-0.25, -0.2) is 4.79 Å². The molecule has 0 aliphatic heterocycles. The molecule has 0 saturated carbocycles. The third-order valence-electron chi connectivity index (χ3n) is 2.76. The molecule has 0 heterocycles. The van der Waals surface area contributed by atoms with Crippen molar-refractivity contribution in [1.29, 1.82) is 0 Å². The number of hydrogen-bond donors (Lipinski definition) is 2. The van der Waals surface area contributed by atoms with Gasteiger partial charge in [-0.15, -0.1) is 0 Å². The van der Waals surface area contributed by atoms with Crippen LogP contribution in [-0.4, -0.2) is 33.5 Å². The van der Waals surface area contributed by atoms with E-state index in [4.69, 9.17) is 16.7 Å². The normalized spacial score (nSPS) is 11.2. The lowest BCUT2D eigenvalue weighted by Crippen LogP contribution is -2.26. The molecule has 0 aromatic heterocycles. The highest BCUT2D eigenvalue weighted by atomic mass is 35.5. The van der Waals surface area contributed by atoms with Gasteiger partial charge in [-0.2, -0.15) is 11.8 Å². The van der Waals surface area contributed by atoms with E-state index in [1.54, 1.807) is 11.8 Å². The number of nitro groups is 1. The molecule has 110 valence electrons. The van der Waals surface area contributed by atoms with Crippen LogP contribution in [0.2, 0.25) is 5.02 Å².